The molecule has 128 valence electrons. The van der Waals surface area contributed by atoms with Gasteiger partial charge in [-0.1, -0.05) is 42.5 Å². The molecule has 0 aliphatic heterocycles. The molecule has 0 heterocycles. The van der Waals surface area contributed by atoms with Gasteiger partial charge < -0.3 is 5.32 Å². The van der Waals surface area contributed by atoms with Crippen LogP contribution in [-0.2, 0) is 21.2 Å². The van der Waals surface area contributed by atoms with Crippen LogP contribution in [0.1, 0.15) is 30.5 Å². The summed E-state index contributed by atoms with van der Waals surface area (Å²) in [4.78, 5) is 11.5. The highest BCUT2D eigenvalue weighted by molar-refractivity contribution is 7.89. The molecule has 0 spiro atoms. The standard InChI is InChI=1S/C18H22N2O3S/c1-14(16-6-4-3-5-7-16)20-24(22,23)17-11-8-15(9-12-17)10-13-18(21)19-2/h3-9,11-12,14,20H,10,13H2,1-2H3,(H,19,21)/t14-/m1/s1. The van der Waals surface area contributed by atoms with Crippen molar-refractivity contribution >= 4 is 15.9 Å². The number of carbonyl (C=O) groups excluding carboxylic acids is 1. The summed E-state index contributed by atoms with van der Waals surface area (Å²) >= 11 is 0. The minimum Gasteiger partial charge on any atom is -0.359 e. The van der Waals surface area contributed by atoms with E-state index in [1.165, 1.54) is 0 Å². The van der Waals surface area contributed by atoms with Gasteiger partial charge in [0.25, 0.3) is 0 Å². The number of aryl methyl sites for hydroxylation is 1. The number of hydrogen-bond acceptors (Lipinski definition) is 3. The Morgan fingerprint density at radius 2 is 1.67 bits per heavy atom. The summed E-state index contributed by atoms with van der Waals surface area (Å²) in [5, 5.41) is 2.56. The van der Waals surface area contributed by atoms with E-state index in [1.54, 1.807) is 31.3 Å². The van der Waals surface area contributed by atoms with Crippen LogP contribution in [-0.4, -0.2) is 21.4 Å². The van der Waals surface area contributed by atoms with Gasteiger partial charge in [0.2, 0.25) is 15.9 Å². The third-order valence-electron chi connectivity index (χ3n) is 3.78. The summed E-state index contributed by atoms with van der Waals surface area (Å²) < 4.78 is 27.6. The smallest absolute Gasteiger partial charge is 0.241 e. The van der Waals surface area contributed by atoms with Crippen LogP contribution in [0.25, 0.3) is 0 Å². The van der Waals surface area contributed by atoms with Gasteiger partial charge in [-0.05, 0) is 36.6 Å². The Morgan fingerprint density at radius 1 is 1.04 bits per heavy atom. The molecule has 2 aromatic carbocycles. The van der Waals surface area contributed by atoms with Crippen LogP contribution in [0.15, 0.2) is 59.5 Å². The minimum atomic E-state index is -3.59. The first-order chi connectivity index (χ1) is 11.4. The Bertz CT molecular complexity index is 772. The lowest BCUT2D eigenvalue weighted by molar-refractivity contribution is -0.120. The number of carbonyl (C=O) groups is 1. The van der Waals surface area contributed by atoms with Gasteiger partial charge in [0.15, 0.2) is 0 Å². The van der Waals surface area contributed by atoms with Crippen molar-refractivity contribution in [2.45, 2.75) is 30.7 Å². The van der Waals surface area contributed by atoms with E-state index >= 15 is 0 Å². The van der Waals surface area contributed by atoms with Crippen molar-refractivity contribution in [3.63, 3.8) is 0 Å². The second-order valence-corrected chi connectivity index (χ2v) is 7.28. The summed E-state index contributed by atoms with van der Waals surface area (Å²) in [6.45, 7) is 1.81. The average Bonchev–Trinajstić information content (AvgIpc) is 2.60. The minimum absolute atomic E-state index is 0.0370. The van der Waals surface area contributed by atoms with Gasteiger partial charge in [-0.15, -0.1) is 0 Å². The first kappa shape index (κ1) is 18.2. The molecule has 24 heavy (non-hydrogen) atoms. The number of rotatable bonds is 7. The highest BCUT2D eigenvalue weighted by Crippen LogP contribution is 2.17. The summed E-state index contributed by atoms with van der Waals surface area (Å²) in [5.74, 6) is -0.0370. The van der Waals surface area contributed by atoms with E-state index in [4.69, 9.17) is 0 Å². The van der Waals surface area contributed by atoms with Gasteiger partial charge in [-0.3, -0.25) is 4.79 Å². The predicted molar refractivity (Wildman–Crippen MR) is 94.0 cm³/mol. The molecule has 0 saturated carbocycles. The zero-order valence-electron chi connectivity index (χ0n) is 13.8. The van der Waals surface area contributed by atoms with Crippen LogP contribution >= 0.6 is 0 Å². The third kappa shape index (κ3) is 4.91. The molecule has 0 aromatic heterocycles. The fraction of sp³-hybridized carbons (Fsp3) is 0.278. The topological polar surface area (TPSA) is 75.3 Å². The van der Waals surface area contributed by atoms with Crippen molar-refractivity contribution in [1.82, 2.24) is 10.0 Å². The lowest BCUT2D eigenvalue weighted by Crippen LogP contribution is -2.26. The molecule has 0 bridgehead atoms. The molecule has 2 aromatic rings. The zero-order valence-corrected chi connectivity index (χ0v) is 14.6. The van der Waals surface area contributed by atoms with Crippen LogP contribution in [0.3, 0.4) is 0 Å². The SMILES string of the molecule is CNC(=O)CCc1ccc(S(=O)(=O)N[C@H](C)c2ccccc2)cc1. The summed E-state index contributed by atoms with van der Waals surface area (Å²) in [6, 6.07) is 15.7. The number of nitrogens with one attached hydrogen (secondary N) is 2. The van der Waals surface area contributed by atoms with Crippen molar-refractivity contribution in [3.8, 4) is 0 Å². The molecule has 2 N–H and O–H groups in total. The maximum atomic E-state index is 12.5. The van der Waals surface area contributed by atoms with Crippen molar-refractivity contribution in [2.24, 2.45) is 0 Å². The molecule has 0 radical (unpaired) electrons. The van der Waals surface area contributed by atoms with Gasteiger partial charge in [0.1, 0.15) is 0 Å². The lowest BCUT2D eigenvalue weighted by atomic mass is 10.1. The number of benzene rings is 2. The van der Waals surface area contributed by atoms with Crippen LogP contribution < -0.4 is 10.0 Å². The summed E-state index contributed by atoms with van der Waals surface area (Å²) in [5.41, 5.74) is 1.83. The molecule has 0 fully saturated rings. The number of amides is 1. The Morgan fingerprint density at radius 3 is 2.25 bits per heavy atom. The molecular formula is C18H22N2O3S. The largest absolute Gasteiger partial charge is 0.359 e. The van der Waals surface area contributed by atoms with E-state index in [0.717, 1.165) is 11.1 Å². The highest BCUT2D eigenvalue weighted by atomic mass is 32.2. The first-order valence-electron chi connectivity index (χ1n) is 7.79. The van der Waals surface area contributed by atoms with Crippen LogP contribution in [0, 0.1) is 0 Å². The molecule has 1 atom stereocenters. The van der Waals surface area contributed by atoms with E-state index in [2.05, 4.69) is 10.0 Å². The Kier molecular flexibility index (Phi) is 6.11. The van der Waals surface area contributed by atoms with Crippen LogP contribution in [0.4, 0.5) is 0 Å². The molecule has 5 nitrogen and oxygen atoms in total. The Balaban J connectivity index is 2.05. The van der Waals surface area contributed by atoms with Gasteiger partial charge in [-0.25, -0.2) is 13.1 Å². The maximum absolute atomic E-state index is 12.5. The third-order valence-corrected chi connectivity index (χ3v) is 5.34. The van der Waals surface area contributed by atoms with Gasteiger partial charge in [-0.2, -0.15) is 0 Å². The molecule has 0 unspecified atom stereocenters. The Labute approximate surface area is 143 Å². The van der Waals surface area contributed by atoms with Crippen molar-refractivity contribution in [3.05, 3.63) is 65.7 Å². The first-order valence-corrected chi connectivity index (χ1v) is 9.27. The van der Waals surface area contributed by atoms with Crippen molar-refractivity contribution in [1.29, 1.82) is 0 Å². The van der Waals surface area contributed by atoms with Gasteiger partial charge in [0.05, 0.1) is 4.90 Å². The maximum Gasteiger partial charge on any atom is 0.241 e. The van der Waals surface area contributed by atoms with E-state index in [-0.39, 0.29) is 16.8 Å². The fourth-order valence-electron chi connectivity index (χ4n) is 2.33. The number of hydrogen-bond donors (Lipinski definition) is 2. The summed E-state index contributed by atoms with van der Waals surface area (Å²) in [6.07, 6.45) is 0.958. The Hall–Kier alpha value is -2.18. The molecule has 2 rings (SSSR count). The van der Waals surface area contributed by atoms with Crippen LogP contribution in [0.5, 0.6) is 0 Å². The predicted octanol–water partition coefficient (Wildman–Crippen LogP) is 2.40. The van der Waals surface area contributed by atoms with Crippen molar-refractivity contribution in [2.75, 3.05) is 7.05 Å². The number of sulfonamides is 1. The molecule has 1 amide bonds. The monoisotopic (exact) mass is 346 g/mol. The molecule has 0 saturated heterocycles. The van der Waals surface area contributed by atoms with Gasteiger partial charge in [0, 0.05) is 19.5 Å². The average molecular weight is 346 g/mol. The molecule has 6 heteroatoms. The highest BCUT2D eigenvalue weighted by Gasteiger charge is 2.18. The quantitative estimate of drug-likeness (QED) is 0.808. The molecule has 0 aliphatic rings. The summed E-state index contributed by atoms with van der Waals surface area (Å²) in [7, 11) is -1.99. The fourth-order valence-corrected chi connectivity index (χ4v) is 3.56. The van der Waals surface area contributed by atoms with Crippen LogP contribution in [0.2, 0.25) is 0 Å². The van der Waals surface area contributed by atoms with E-state index in [9.17, 15) is 13.2 Å². The zero-order chi connectivity index (χ0) is 17.6. The van der Waals surface area contributed by atoms with E-state index in [0.29, 0.717) is 12.8 Å². The lowest BCUT2D eigenvalue weighted by Gasteiger charge is -2.15. The normalized spacial score (nSPS) is 12.6. The van der Waals surface area contributed by atoms with Gasteiger partial charge >= 0.3 is 0 Å². The molecular weight excluding hydrogens is 324 g/mol. The van der Waals surface area contributed by atoms with E-state index in [1.807, 2.05) is 37.3 Å². The van der Waals surface area contributed by atoms with E-state index < -0.39 is 10.0 Å². The second kappa shape index (κ2) is 8.08. The van der Waals surface area contributed by atoms with Crippen molar-refractivity contribution < 1.29 is 13.2 Å². The second-order valence-electron chi connectivity index (χ2n) is 5.57. The molecule has 0 aliphatic carbocycles.